The van der Waals surface area contributed by atoms with Crippen LogP contribution in [0.2, 0.25) is 0 Å². The van der Waals surface area contributed by atoms with E-state index in [0.29, 0.717) is 37.7 Å². The number of hydrogen-bond donors (Lipinski definition) is 0. The summed E-state index contributed by atoms with van der Waals surface area (Å²) >= 11 is 0. The summed E-state index contributed by atoms with van der Waals surface area (Å²) in [4.78, 5) is 21.4. The molecule has 0 bridgehead atoms. The Hall–Kier alpha value is -3.68. The third kappa shape index (κ3) is 3.88. The molecule has 1 aromatic carbocycles. The van der Waals surface area contributed by atoms with E-state index in [1.165, 1.54) is 0 Å². The van der Waals surface area contributed by atoms with Gasteiger partial charge >= 0.3 is 0 Å². The normalized spacial score (nSPS) is 20.4. The highest BCUT2D eigenvalue weighted by Crippen LogP contribution is 2.34. The molecule has 8 heteroatoms. The van der Waals surface area contributed by atoms with Crippen LogP contribution in [0.15, 0.2) is 60.8 Å². The van der Waals surface area contributed by atoms with Crippen molar-refractivity contribution in [1.29, 1.82) is 0 Å². The number of hydrogen-bond acceptors (Lipinski definition) is 7. The van der Waals surface area contributed by atoms with Crippen LogP contribution in [-0.2, 0) is 4.79 Å². The summed E-state index contributed by atoms with van der Waals surface area (Å²) in [6.07, 6.45) is 0.756. The topological polar surface area (TPSA) is 80.7 Å². The van der Waals surface area contributed by atoms with Crippen LogP contribution in [0.25, 0.3) is 11.4 Å². The average Bonchev–Trinajstić information content (AvgIpc) is 2.84. The fourth-order valence-electron chi connectivity index (χ4n) is 3.87. The highest BCUT2D eigenvalue weighted by molar-refractivity contribution is 5.82. The number of piperazine rings is 1. The monoisotopic (exact) mass is 417 g/mol. The van der Waals surface area contributed by atoms with Gasteiger partial charge < -0.3 is 19.3 Å². The van der Waals surface area contributed by atoms with Gasteiger partial charge in [-0.1, -0.05) is 18.2 Å². The van der Waals surface area contributed by atoms with Gasteiger partial charge in [-0.2, -0.15) is 0 Å². The number of benzene rings is 1. The van der Waals surface area contributed by atoms with Crippen molar-refractivity contribution in [3.05, 3.63) is 60.8 Å². The molecule has 1 fully saturated rings. The molecule has 2 aromatic heterocycles. The number of amides is 1. The van der Waals surface area contributed by atoms with Crippen LogP contribution in [0.1, 0.15) is 6.92 Å². The zero-order chi connectivity index (χ0) is 21.2. The van der Waals surface area contributed by atoms with Crippen molar-refractivity contribution in [3.8, 4) is 22.9 Å². The van der Waals surface area contributed by atoms with Gasteiger partial charge in [-0.25, -0.2) is 0 Å². The summed E-state index contributed by atoms with van der Waals surface area (Å²) in [7, 11) is 0. The summed E-state index contributed by atoms with van der Waals surface area (Å²) in [5, 5.41) is 8.68. The second-order valence-electron chi connectivity index (χ2n) is 7.61. The average molecular weight is 417 g/mol. The lowest BCUT2D eigenvalue weighted by Crippen LogP contribution is -2.56. The van der Waals surface area contributed by atoms with Crippen LogP contribution in [0.3, 0.4) is 0 Å². The number of rotatable bonds is 3. The fraction of sp³-hybridized carbons (Fsp3) is 0.304. The number of anilines is 1. The molecule has 3 aromatic rings. The molecule has 2 unspecified atom stereocenters. The van der Waals surface area contributed by atoms with Gasteiger partial charge in [0.25, 0.3) is 5.91 Å². The van der Waals surface area contributed by atoms with Crippen LogP contribution in [0.5, 0.6) is 11.5 Å². The summed E-state index contributed by atoms with van der Waals surface area (Å²) in [6.45, 7) is 4.42. The standard InChI is InChI=1S/C23H23N5O3/c1-16-22(31-20-8-3-2-7-19(20)30-16)23(29)28-14-12-27(13-15-28)21-10-9-18(25-26-21)17-6-4-5-11-24-17/h2-11,16,22H,12-15H2,1H3. The third-order valence-electron chi connectivity index (χ3n) is 5.58. The molecular formula is C23H23N5O3. The zero-order valence-electron chi connectivity index (χ0n) is 17.2. The number of ether oxygens (including phenoxy) is 2. The predicted molar refractivity (Wildman–Crippen MR) is 115 cm³/mol. The molecule has 1 saturated heterocycles. The predicted octanol–water partition coefficient (Wildman–Crippen LogP) is 2.42. The van der Waals surface area contributed by atoms with Gasteiger partial charge in [0.1, 0.15) is 11.8 Å². The van der Waals surface area contributed by atoms with Gasteiger partial charge in [-0.05, 0) is 43.3 Å². The van der Waals surface area contributed by atoms with E-state index < -0.39 is 6.10 Å². The SMILES string of the molecule is CC1Oc2ccccc2OC1C(=O)N1CCN(c2ccc(-c3ccccn3)nn2)CC1. The largest absolute Gasteiger partial charge is 0.482 e. The van der Waals surface area contributed by atoms with Crippen molar-refractivity contribution >= 4 is 11.7 Å². The number of aromatic nitrogens is 3. The van der Waals surface area contributed by atoms with Crippen LogP contribution < -0.4 is 14.4 Å². The lowest BCUT2D eigenvalue weighted by Gasteiger charge is -2.39. The Morgan fingerprint density at radius 3 is 2.29 bits per heavy atom. The lowest BCUT2D eigenvalue weighted by atomic mass is 10.1. The molecule has 1 amide bonds. The Kier molecular flexibility index (Phi) is 5.11. The van der Waals surface area contributed by atoms with Crippen molar-refractivity contribution in [3.63, 3.8) is 0 Å². The summed E-state index contributed by atoms with van der Waals surface area (Å²) in [6, 6.07) is 17.0. The molecule has 0 saturated carbocycles. The minimum atomic E-state index is -0.640. The van der Waals surface area contributed by atoms with E-state index in [0.717, 1.165) is 17.2 Å². The Morgan fingerprint density at radius 2 is 1.61 bits per heavy atom. The first-order valence-electron chi connectivity index (χ1n) is 10.4. The van der Waals surface area contributed by atoms with E-state index in [9.17, 15) is 4.79 Å². The Balaban J connectivity index is 1.21. The van der Waals surface area contributed by atoms with Crippen LogP contribution in [0.4, 0.5) is 5.82 Å². The van der Waals surface area contributed by atoms with Crippen LogP contribution in [0, 0.1) is 0 Å². The molecular weight excluding hydrogens is 394 g/mol. The first-order chi connectivity index (χ1) is 15.2. The number of nitrogens with zero attached hydrogens (tertiary/aromatic N) is 5. The molecule has 8 nitrogen and oxygen atoms in total. The molecule has 158 valence electrons. The van der Waals surface area contributed by atoms with E-state index in [4.69, 9.17) is 9.47 Å². The fourth-order valence-corrected chi connectivity index (χ4v) is 3.87. The number of para-hydroxylation sites is 2. The maximum atomic E-state index is 13.1. The van der Waals surface area contributed by atoms with E-state index in [-0.39, 0.29) is 12.0 Å². The molecule has 2 aliphatic rings. The third-order valence-corrected chi connectivity index (χ3v) is 5.58. The van der Waals surface area contributed by atoms with Crippen molar-refractivity contribution < 1.29 is 14.3 Å². The summed E-state index contributed by atoms with van der Waals surface area (Å²) in [5.41, 5.74) is 1.53. The quantitative estimate of drug-likeness (QED) is 0.647. The molecule has 5 rings (SSSR count). The van der Waals surface area contributed by atoms with E-state index in [2.05, 4.69) is 20.1 Å². The van der Waals surface area contributed by atoms with E-state index in [1.54, 1.807) is 6.20 Å². The Morgan fingerprint density at radius 1 is 0.871 bits per heavy atom. The maximum Gasteiger partial charge on any atom is 0.267 e. The molecule has 4 heterocycles. The molecule has 31 heavy (non-hydrogen) atoms. The molecule has 0 spiro atoms. The number of carbonyl (C=O) groups excluding carboxylic acids is 1. The minimum absolute atomic E-state index is 0.0433. The minimum Gasteiger partial charge on any atom is -0.482 e. The van der Waals surface area contributed by atoms with Gasteiger partial charge in [0.05, 0.1) is 5.69 Å². The first-order valence-corrected chi connectivity index (χ1v) is 10.4. The van der Waals surface area contributed by atoms with Gasteiger partial charge in [0.2, 0.25) is 6.10 Å². The number of fused-ring (bicyclic) bond motifs is 1. The van der Waals surface area contributed by atoms with Gasteiger partial charge in [-0.15, -0.1) is 10.2 Å². The van der Waals surface area contributed by atoms with Crippen LogP contribution >= 0.6 is 0 Å². The van der Waals surface area contributed by atoms with E-state index in [1.807, 2.05) is 66.4 Å². The smallest absolute Gasteiger partial charge is 0.267 e. The van der Waals surface area contributed by atoms with Crippen molar-refractivity contribution in [2.24, 2.45) is 0 Å². The number of carbonyl (C=O) groups is 1. The van der Waals surface area contributed by atoms with Crippen molar-refractivity contribution in [2.75, 3.05) is 31.1 Å². The lowest BCUT2D eigenvalue weighted by molar-refractivity contribution is -0.144. The molecule has 0 radical (unpaired) electrons. The van der Waals surface area contributed by atoms with Gasteiger partial charge in [0, 0.05) is 32.4 Å². The van der Waals surface area contributed by atoms with Crippen molar-refractivity contribution in [1.82, 2.24) is 20.1 Å². The second-order valence-corrected chi connectivity index (χ2v) is 7.61. The van der Waals surface area contributed by atoms with Crippen LogP contribution in [-0.4, -0.2) is 64.4 Å². The zero-order valence-corrected chi connectivity index (χ0v) is 17.2. The highest BCUT2D eigenvalue weighted by atomic mass is 16.6. The molecule has 0 aliphatic carbocycles. The van der Waals surface area contributed by atoms with E-state index >= 15 is 0 Å². The Bertz CT molecular complexity index is 1050. The molecule has 2 atom stereocenters. The first kappa shape index (κ1) is 19.3. The van der Waals surface area contributed by atoms with Crippen molar-refractivity contribution in [2.45, 2.75) is 19.1 Å². The second kappa shape index (κ2) is 8.22. The maximum absolute atomic E-state index is 13.1. The summed E-state index contributed by atoms with van der Waals surface area (Å²) < 4.78 is 11.9. The summed E-state index contributed by atoms with van der Waals surface area (Å²) in [5.74, 6) is 2.04. The molecule has 0 N–H and O–H groups in total. The van der Waals surface area contributed by atoms with Gasteiger partial charge in [0.15, 0.2) is 17.3 Å². The highest BCUT2D eigenvalue weighted by Gasteiger charge is 2.37. The molecule has 2 aliphatic heterocycles. The number of pyridine rings is 1. The Labute approximate surface area is 180 Å². The van der Waals surface area contributed by atoms with Gasteiger partial charge in [-0.3, -0.25) is 9.78 Å².